The number of rotatable bonds is 8. The van der Waals surface area contributed by atoms with Gasteiger partial charge < -0.3 is 3.87 Å². The number of hydrogen-bond acceptors (Lipinski definition) is 3. The average Bonchev–Trinajstić information content (AvgIpc) is 2.61. The lowest BCUT2D eigenvalue weighted by Gasteiger charge is -2.37. The Balaban J connectivity index is 2.39. The summed E-state index contributed by atoms with van der Waals surface area (Å²) in [5.74, 6) is 0. The van der Waals surface area contributed by atoms with Crippen LogP contribution in [0.1, 0.15) is 38.8 Å². The average molecular weight is 444 g/mol. The first-order chi connectivity index (χ1) is 13.2. The molecule has 0 aliphatic heterocycles. The fourth-order valence-electron chi connectivity index (χ4n) is 3.20. The van der Waals surface area contributed by atoms with Crippen LogP contribution in [0.3, 0.4) is 0 Å². The van der Waals surface area contributed by atoms with Crippen molar-refractivity contribution in [3.05, 3.63) is 71.8 Å². The van der Waals surface area contributed by atoms with E-state index in [1.807, 2.05) is 44.2 Å². The van der Waals surface area contributed by atoms with E-state index < -0.39 is 35.1 Å². The van der Waals surface area contributed by atoms with E-state index in [1.54, 1.807) is 44.2 Å². The highest BCUT2D eigenvalue weighted by Crippen LogP contribution is 2.39. The highest BCUT2D eigenvalue weighted by molar-refractivity contribution is 7.88. The fourth-order valence-corrected chi connectivity index (χ4v) is 7.63. The highest BCUT2D eigenvalue weighted by Gasteiger charge is 2.52. The fraction of sp³-hybridized carbons (Fsp3) is 0.429. The zero-order valence-corrected chi connectivity index (χ0v) is 18.8. The van der Waals surface area contributed by atoms with Crippen LogP contribution in [0.2, 0.25) is 6.04 Å². The number of benzene rings is 2. The maximum absolute atomic E-state index is 13.1. The second-order valence-corrected chi connectivity index (χ2v) is 12.9. The number of halogens is 3. The van der Waals surface area contributed by atoms with Crippen LogP contribution in [-0.2, 0) is 25.4 Å². The van der Waals surface area contributed by atoms with Crippen molar-refractivity contribution in [1.29, 1.82) is 0 Å². The lowest BCUT2D eigenvalue weighted by atomic mass is 9.88. The first-order valence-electron chi connectivity index (χ1n) is 9.21. The molecule has 0 atom stereocenters. The Bertz CT molecular complexity index is 896. The molecule has 159 valence electrons. The molecule has 2 aromatic rings. The maximum atomic E-state index is 13.1. The minimum Gasteiger partial charge on any atom is -0.307 e. The van der Waals surface area contributed by atoms with Crippen LogP contribution >= 0.6 is 0 Å². The lowest BCUT2D eigenvalue weighted by Crippen LogP contribution is -2.47. The van der Waals surface area contributed by atoms with Gasteiger partial charge in [0.25, 0.3) is 0 Å². The Hall–Kier alpha value is -1.64. The van der Waals surface area contributed by atoms with E-state index in [0.717, 1.165) is 11.1 Å². The Morgan fingerprint density at radius 1 is 0.862 bits per heavy atom. The third-order valence-electron chi connectivity index (χ3n) is 4.85. The summed E-state index contributed by atoms with van der Waals surface area (Å²) in [6, 6.07) is 18.8. The third kappa shape index (κ3) is 6.17. The van der Waals surface area contributed by atoms with Crippen LogP contribution in [0.25, 0.3) is 0 Å². The van der Waals surface area contributed by atoms with Gasteiger partial charge in [-0.2, -0.15) is 21.6 Å². The smallest absolute Gasteiger partial charge is 0.307 e. The third-order valence-corrected chi connectivity index (χ3v) is 10.1. The van der Waals surface area contributed by atoms with Gasteiger partial charge in [0.1, 0.15) is 0 Å². The molecule has 2 rings (SSSR count). The van der Waals surface area contributed by atoms with Crippen LogP contribution in [-0.4, -0.2) is 23.0 Å². The van der Waals surface area contributed by atoms with Crippen LogP contribution in [0.15, 0.2) is 60.7 Å². The molecule has 0 saturated carbocycles. The quantitative estimate of drug-likeness (QED) is 0.392. The summed E-state index contributed by atoms with van der Waals surface area (Å²) in [6.45, 7) is 7.35. The van der Waals surface area contributed by atoms with Crippen molar-refractivity contribution >= 4 is 19.2 Å². The molecule has 0 aromatic heterocycles. The second kappa shape index (κ2) is 8.61. The largest absolute Gasteiger partial charge is 0.522 e. The Morgan fingerprint density at radius 3 is 1.83 bits per heavy atom. The van der Waals surface area contributed by atoms with Crippen LogP contribution in [0, 0.1) is 5.41 Å². The normalized spacial score (nSPS) is 13.7. The molecule has 0 spiro atoms. The maximum Gasteiger partial charge on any atom is 0.522 e. The van der Waals surface area contributed by atoms with Crippen LogP contribution in [0.4, 0.5) is 13.2 Å². The number of hydrogen-bond donors (Lipinski definition) is 0. The summed E-state index contributed by atoms with van der Waals surface area (Å²) in [5, 5.41) is -0.863. The van der Waals surface area contributed by atoms with E-state index in [-0.39, 0.29) is 6.04 Å². The van der Waals surface area contributed by atoms with Crippen molar-refractivity contribution < 1.29 is 25.5 Å². The van der Waals surface area contributed by atoms with Gasteiger partial charge in [-0.05, 0) is 29.0 Å². The van der Waals surface area contributed by atoms with E-state index >= 15 is 0 Å². The van der Waals surface area contributed by atoms with Gasteiger partial charge in [0.15, 0.2) is 0 Å². The topological polar surface area (TPSA) is 43.4 Å². The monoisotopic (exact) mass is 443 g/mol. The summed E-state index contributed by atoms with van der Waals surface area (Å²) < 4.78 is 67.9. The molecule has 0 saturated heterocycles. The van der Waals surface area contributed by atoms with Crippen molar-refractivity contribution in [2.75, 3.05) is 0 Å². The summed E-state index contributed by atoms with van der Waals surface area (Å²) in [7, 11) is -8.18. The minimum atomic E-state index is -5.69. The summed E-state index contributed by atoms with van der Waals surface area (Å²) in [4.78, 5) is 0. The first kappa shape index (κ1) is 23.6. The van der Waals surface area contributed by atoms with Gasteiger partial charge in [-0.1, -0.05) is 88.4 Å². The SMILES string of the molecule is CC(C)(Cc1ccccc1)C[Si](OS(=O)(=O)C(F)(F)F)C(C)(C)c1ccccc1. The molecule has 0 aliphatic carbocycles. The minimum absolute atomic E-state index is 0.226. The molecule has 0 aliphatic rings. The Kier molecular flexibility index (Phi) is 7.02. The zero-order chi connectivity index (χ0) is 21.9. The lowest BCUT2D eigenvalue weighted by molar-refractivity contribution is -0.0503. The van der Waals surface area contributed by atoms with E-state index in [0.29, 0.717) is 6.42 Å². The van der Waals surface area contributed by atoms with Crippen LogP contribution in [0.5, 0.6) is 0 Å². The standard InChI is InChI=1S/C21H26F3O3SSi/c1-19(2,15-17-11-7-5-8-12-17)16-29(27-28(25,26)21(22,23)24)20(3,4)18-13-9-6-10-14-18/h5-14H,15-16H2,1-4H3. The van der Waals surface area contributed by atoms with E-state index in [1.165, 1.54) is 0 Å². The molecule has 0 heterocycles. The molecule has 0 amide bonds. The zero-order valence-electron chi connectivity index (χ0n) is 17.0. The van der Waals surface area contributed by atoms with Crippen molar-refractivity contribution in [3.8, 4) is 0 Å². The molecule has 8 heteroatoms. The molecular weight excluding hydrogens is 417 g/mol. The highest BCUT2D eigenvalue weighted by atomic mass is 32.2. The van der Waals surface area contributed by atoms with E-state index in [9.17, 15) is 21.6 Å². The van der Waals surface area contributed by atoms with Gasteiger partial charge in [-0.3, -0.25) is 0 Å². The van der Waals surface area contributed by atoms with Gasteiger partial charge in [0.2, 0.25) is 9.04 Å². The molecule has 0 fully saturated rings. The Labute approximate surface area is 172 Å². The van der Waals surface area contributed by atoms with Crippen molar-refractivity contribution in [3.63, 3.8) is 0 Å². The molecule has 0 N–H and O–H groups in total. The molecular formula is C21H26F3O3SSi. The summed E-state index contributed by atoms with van der Waals surface area (Å²) in [5.41, 5.74) is -4.11. The van der Waals surface area contributed by atoms with Gasteiger partial charge in [-0.25, -0.2) is 0 Å². The second-order valence-electron chi connectivity index (χ2n) is 8.40. The molecule has 0 bridgehead atoms. The predicted molar refractivity (Wildman–Crippen MR) is 110 cm³/mol. The van der Waals surface area contributed by atoms with Crippen molar-refractivity contribution in [1.82, 2.24) is 0 Å². The van der Waals surface area contributed by atoms with Crippen molar-refractivity contribution in [2.45, 2.75) is 50.7 Å². The van der Waals surface area contributed by atoms with Crippen molar-refractivity contribution in [2.24, 2.45) is 5.41 Å². The first-order valence-corrected chi connectivity index (χ1v) is 12.2. The summed E-state index contributed by atoms with van der Waals surface area (Å²) in [6.07, 6.45) is 0.600. The van der Waals surface area contributed by atoms with Gasteiger partial charge in [-0.15, -0.1) is 0 Å². The predicted octanol–water partition coefficient (Wildman–Crippen LogP) is 5.63. The van der Waals surface area contributed by atoms with Crippen LogP contribution < -0.4 is 0 Å². The van der Waals surface area contributed by atoms with Gasteiger partial charge in [0, 0.05) is 5.04 Å². The Morgan fingerprint density at radius 2 is 1.34 bits per heavy atom. The molecule has 2 aromatic carbocycles. The number of alkyl halides is 3. The molecule has 0 unspecified atom stereocenters. The summed E-state index contributed by atoms with van der Waals surface area (Å²) >= 11 is 0. The van der Waals surface area contributed by atoms with E-state index in [4.69, 9.17) is 3.87 Å². The van der Waals surface area contributed by atoms with Gasteiger partial charge >= 0.3 is 15.6 Å². The molecule has 1 radical (unpaired) electrons. The molecule has 29 heavy (non-hydrogen) atoms. The molecule has 3 nitrogen and oxygen atoms in total. The van der Waals surface area contributed by atoms with Gasteiger partial charge in [0.05, 0.1) is 0 Å². The van der Waals surface area contributed by atoms with E-state index in [2.05, 4.69) is 0 Å².